The van der Waals surface area contributed by atoms with Gasteiger partial charge < -0.3 is 39.0 Å². The number of fused-ring (bicyclic) bond motifs is 4. The summed E-state index contributed by atoms with van der Waals surface area (Å²) in [6, 6.07) is 8.11. The van der Waals surface area contributed by atoms with Gasteiger partial charge in [-0.2, -0.15) is 0 Å². The fourth-order valence-corrected chi connectivity index (χ4v) is 8.63. The maximum absolute atomic E-state index is 13.7. The molecule has 1 heterocycles. The van der Waals surface area contributed by atoms with Gasteiger partial charge in [-0.05, 0) is 50.5 Å². The molecule has 5 rings (SSSR count). The standard InChI is InChI=1S/C33H42O12/c1-16-21(37)14-32(30(5,6)40)24(16)25(44-29(39)20-11-9-8-10-12-20)27(38)31(7)22(42-17(2)34)13-23-33(15-41-23,45-19(4)36)26(31)28(32)43-18(3)35/h8-12,21-23,25-28,37-38,40H,13-15H2,1-7H3/t21-,22-,23+,25+,26?,27-,28?,31+,32-,33-/m0/s1. The van der Waals surface area contributed by atoms with Gasteiger partial charge in [0.25, 0.3) is 0 Å². The molecule has 0 bridgehead atoms. The number of aliphatic hydroxyl groups is 3. The zero-order valence-electron chi connectivity index (χ0n) is 26.6. The predicted octanol–water partition coefficient (Wildman–Crippen LogP) is 2.02. The van der Waals surface area contributed by atoms with E-state index in [-0.39, 0.29) is 30.6 Å². The normalized spacial score (nSPS) is 38.8. The van der Waals surface area contributed by atoms with E-state index in [0.29, 0.717) is 5.57 Å². The summed E-state index contributed by atoms with van der Waals surface area (Å²) in [5.74, 6) is -4.07. The van der Waals surface area contributed by atoms with E-state index in [1.807, 2.05) is 0 Å². The van der Waals surface area contributed by atoms with E-state index in [2.05, 4.69) is 0 Å². The number of carbonyl (C=O) groups excluding carboxylic acids is 4. The molecule has 12 heteroatoms. The van der Waals surface area contributed by atoms with Gasteiger partial charge in [0.2, 0.25) is 0 Å². The Morgan fingerprint density at radius 3 is 2.09 bits per heavy atom. The van der Waals surface area contributed by atoms with Crippen LogP contribution >= 0.6 is 0 Å². The summed E-state index contributed by atoms with van der Waals surface area (Å²) in [4.78, 5) is 51.9. The first-order valence-corrected chi connectivity index (χ1v) is 15.1. The Bertz CT molecular complexity index is 1410. The molecule has 1 aromatic carbocycles. The highest BCUT2D eigenvalue weighted by molar-refractivity contribution is 5.89. The van der Waals surface area contributed by atoms with E-state index in [1.165, 1.54) is 34.6 Å². The minimum absolute atomic E-state index is 0.000758. The van der Waals surface area contributed by atoms with Gasteiger partial charge in [-0.15, -0.1) is 0 Å². The number of ether oxygens (including phenoxy) is 5. The minimum Gasteiger partial charge on any atom is -0.462 e. The lowest BCUT2D eigenvalue weighted by Crippen LogP contribution is -2.79. The number of benzene rings is 1. The highest BCUT2D eigenvalue weighted by Gasteiger charge is 2.80. The van der Waals surface area contributed by atoms with Gasteiger partial charge in [0, 0.05) is 32.6 Å². The van der Waals surface area contributed by atoms with Crippen molar-refractivity contribution >= 4 is 23.9 Å². The largest absolute Gasteiger partial charge is 0.462 e. The van der Waals surface area contributed by atoms with Gasteiger partial charge in [-0.1, -0.05) is 25.1 Å². The van der Waals surface area contributed by atoms with Gasteiger partial charge in [0.1, 0.15) is 24.4 Å². The van der Waals surface area contributed by atoms with Crippen LogP contribution in [0.5, 0.6) is 0 Å². The van der Waals surface area contributed by atoms with Crippen LogP contribution in [0, 0.1) is 16.7 Å². The smallest absolute Gasteiger partial charge is 0.338 e. The van der Waals surface area contributed by atoms with Gasteiger partial charge >= 0.3 is 23.9 Å². The summed E-state index contributed by atoms with van der Waals surface area (Å²) in [5.41, 5.74) is -5.97. The summed E-state index contributed by atoms with van der Waals surface area (Å²) >= 11 is 0. The Hall–Kier alpha value is -3.32. The summed E-state index contributed by atoms with van der Waals surface area (Å²) in [6.45, 7) is 9.66. The van der Waals surface area contributed by atoms with Crippen molar-refractivity contribution in [2.75, 3.05) is 6.61 Å². The number of rotatable bonds is 6. The van der Waals surface area contributed by atoms with Crippen LogP contribution in [0.25, 0.3) is 0 Å². The molecular weight excluding hydrogens is 588 g/mol. The number of aliphatic hydroxyl groups excluding tert-OH is 2. The molecule has 10 atom stereocenters. The maximum atomic E-state index is 13.7. The summed E-state index contributed by atoms with van der Waals surface area (Å²) in [5, 5.41) is 36.2. The Balaban J connectivity index is 1.87. The number of esters is 4. The quantitative estimate of drug-likeness (QED) is 0.237. The first-order chi connectivity index (χ1) is 20.9. The van der Waals surface area contributed by atoms with Crippen LogP contribution < -0.4 is 0 Å². The molecule has 0 aromatic heterocycles. The molecule has 3 N–H and O–H groups in total. The second-order valence-corrected chi connectivity index (χ2v) is 13.5. The van der Waals surface area contributed by atoms with Crippen molar-refractivity contribution in [2.45, 2.75) is 109 Å². The molecule has 12 nitrogen and oxygen atoms in total. The summed E-state index contributed by atoms with van der Waals surface area (Å²) < 4.78 is 30.1. The molecule has 3 aliphatic carbocycles. The molecule has 2 saturated carbocycles. The van der Waals surface area contributed by atoms with Crippen molar-refractivity contribution in [3.8, 4) is 0 Å². The van der Waals surface area contributed by atoms with E-state index >= 15 is 0 Å². The number of hydrogen-bond acceptors (Lipinski definition) is 12. The zero-order valence-corrected chi connectivity index (χ0v) is 26.6. The number of hydrogen-bond donors (Lipinski definition) is 3. The molecule has 1 aliphatic heterocycles. The van der Waals surface area contributed by atoms with Crippen molar-refractivity contribution in [2.24, 2.45) is 16.7 Å². The lowest BCUT2D eigenvalue weighted by Gasteiger charge is -2.65. The minimum atomic E-state index is -1.80. The molecule has 45 heavy (non-hydrogen) atoms. The Kier molecular flexibility index (Phi) is 8.21. The molecule has 1 aromatic rings. The van der Waals surface area contributed by atoms with Crippen LogP contribution in [0.4, 0.5) is 0 Å². The summed E-state index contributed by atoms with van der Waals surface area (Å²) in [7, 11) is 0. The predicted molar refractivity (Wildman–Crippen MR) is 155 cm³/mol. The molecule has 1 saturated heterocycles. The number of carbonyl (C=O) groups is 4. The summed E-state index contributed by atoms with van der Waals surface area (Å²) in [6.07, 6.45) is -7.94. The van der Waals surface area contributed by atoms with Gasteiger partial charge in [-0.3, -0.25) is 14.4 Å². The SMILES string of the molecule is CC(=O)OC1C2[C@@](C)([C@@H](OC(C)=O)C[C@H]3OC[C@@]23OC(C)=O)[C@@H](O)[C@H](OC(=O)c2ccccc2)C2=C(C)[C@@H](O)C[C@]21C(C)(C)O. The fourth-order valence-electron chi connectivity index (χ4n) is 8.63. The van der Waals surface area contributed by atoms with Crippen LogP contribution in [-0.4, -0.2) is 93.6 Å². The highest BCUT2D eigenvalue weighted by Crippen LogP contribution is 2.68. The van der Waals surface area contributed by atoms with E-state index in [0.717, 1.165) is 0 Å². The van der Waals surface area contributed by atoms with Crippen molar-refractivity contribution in [3.63, 3.8) is 0 Å². The second kappa shape index (κ2) is 11.2. The van der Waals surface area contributed by atoms with Crippen molar-refractivity contribution < 1.29 is 58.2 Å². The van der Waals surface area contributed by atoms with Crippen LogP contribution in [0.1, 0.15) is 71.7 Å². The van der Waals surface area contributed by atoms with E-state index in [4.69, 9.17) is 23.7 Å². The lowest BCUT2D eigenvalue weighted by atomic mass is 9.49. The first kappa shape index (κ1) is 33.1. The third-order valence-electron chi connectivity index (χ3n) is 10.6. The molecule has 3 fully saturated rings. The molecule has 246 valence electrons. The van der Waals surface area contributed by atoms with E-state index < -0.39 is 88.5 Å². The monoisotopic (exact) mass is 630 g/mol. The topological polar surface area (TPSA) is 175 Å². The third-order valence-corrected chi connectivity index (χ3v) is 10.6. The lowest BCUT2D eigenvalue weighted by molar-refractivity contribution is -0.352. The molecule has 2 unspecified atom stereocenters. The van der Waals surface area contributed by atoms with Crippen LogP contribution in [0.3, 0.4) is 0 Å². The van der Waals surface area contributed by atoms with E-state index in [1.54, 1.807) is 44.2 Å². The van der Waals surface area contributed by atoms with E-state index in [9.17, 15) is 34.5 Å². The molecule has 0 spiro atoms. The second-order valence-electron chi connectivity index (χ2n) is 13.5. The highest BCUT2D eigenvalue weighted by atomic mass is 16.6. The van der Waals surface area contributed by atoms with Gasteiger partial charge in [-0.25, -0.2) is 4.79 Å². The molecule has 0 amide bonds. The van der Waals surface area contributed by atoms with Crippen molar-refractivity contribution in [1.29, 1.82) is 0 Å². The van der Waals surface area contributed by atoms with Crippen LogP contribution in [-0.2, 0) is 38.1 Å². The fraction of sp³-hybridized carbons (Fsp3) is 0.636. The molecule has 0 radical (unpaired) electrons. The van der Waals surface area contributed by atoms with Crippen LogP contribution in [0.15, 0.2) is 41.5 Å². The van der Waals surface area contributed by atoms with Gasteiger partial charge in [0.05, 0.1) is 35.2 Å². The average molecular weight is 631 g/mol. The first-order valence-electron chi connectivity index (χ1n) is 15.1. The van der Waals surface area contributed by atoms with Crippen LogP contribution in [0.2, 0.25) is 0 Å². The third kappa shape index (κ3) is 4.88. The Labute approximate surface area is 261 Å². The Morgan fingerprint density at radius 1 is 0.956 bits per heavy atom. The van der Waals surface area contributed by atoms with Crippen molar-refractivity contribution in [3.05, 3.63) is 47.0 Å². The zero-order chi connectivity index (χ0) is 33.3. The molecular formula is C33H42O12. The van der Waals surface area contributed by atoms with Crippen molar-refractivity contribution in [1.82, 2.24) is 0 Å². The Morgan fingerprint density at radius 2 is 1.58 bits per heavy atom. The average Bonchev–Trinajstić information content (AvgIpc) is 3.18. The molecule has 4 aliphatic rings. The maximum Gasteiger partial charge on any atom is 0.338 e. The van der Waals surface area contributed by atoms with Gasteiger partial charge in [0.15, 0.2) is 11.7 Å².